The molecule has 0 radical (unpaired) electrons. The van der Waals surface area contributed by atoms with Gasteiger partial charge in [-0.1, -0.05) is 23.7 Å². The Hall–Kier alpha value is -1.10. The lowest BCUT2D eigenvalue weighted by molar-refractivity contribution is -0.124. The fraction of sp³-hybridized carbons (Fsp3) is 0.611. The summed E-state index contributed by atoms with van der Waals surface area (Å²) in [5.74, 6) is 0.118. The lowest BCUT2D eigenvalue weighted by Gasteiger charge is -2.34. The highest BCUT2D eigenvalue weighted by Crippen LogP contribution is 2.11. The zero-order valence-corrected chi connectivity index (χ0v) is 15.2. The topological polar surface area (TPSA) is 35.6 Å². The Morgan fingerprint density at radius 1 is 1.09 bits per heavy atom. The number of rotatable bonds is 5. The standard InChI is InChI=1S/C18H28ClN3O/c1-18(2,3)20-17(23)14-22-12-10-21(11-13-22)9-8-15-4-6-16(19)7-5-15/h4-7H,8-14H2,1-3H3,(H,20,23). The van der Waals surface area contributed by atoms with Crippen LogP contribution in [0.15, 0.2) is 24.3 Å². The second-order valence-corrected chi connectivity index (χ2v) is 7.73. The molecule has 1 saturated heterocycles. The summed E-state index contributed by atoms with van der Waals surface area (Å²) in [4.78, 5) is 16.7. The largest absolute Gasteiger partial charge is 0.350 e. The second-order valence-electron chi connectivity index (χ2n) is 7.29. The number of hydrogen-bond donors (Lipinski definition) is 1. The monoisotopic (exact) mass is 337 g/mol. The van der Waals surface area contributed by atoms with Gasteiger partial charge in [0.15, 0.2) is 0 Å². The number of piperazine rings is 1. The smallest absolute Gasteiger partial charge is 0.234 e. The number of halogens is 1. The van der Waals surface area contributed by atoms with E-state index in [0.717, 1.165) is 44.2 Å². The molecular formula is C18H28ClN3O. The molecule has 0 saturated carbocycles. The first kappa shape index (κ1) is 18.2. The van der Waals surface area contributed by atoms with E-state index in [9.17, 15) is 4.79 Å². The number of hydrogen-bond acceptors (Lipinski definition) is 3. The van der Waals surface area contributed by atoms with E-state index in [1.807, 2.05) is 32.9 Å². The maximum Gasteiger partial charge on any atom is 0.234 e. The molecule has 1 N–H and O–H groups in total. The van der Waals surface area contributed by atoms with Crippen molar-refractivity contribution in [2.45, 2.75) is 32.7 Å². The molecule has 1 aromatic rings. The van der Waals surface area contributed by atoms with Gasteiger partial charge in [0.25, 0.3) is 0 Å². The van der Waals surface area contributed by atoms with Crippen LogP contribution < -0.4 is 5.32 Å². The van der Waals surface area contributed by atoms with Gasteiger partial charge in [-0.15, -0.1) is 0 Å². The SMILES string of the molecule is CC(C)(C)NC(=O)CN1CCN(CCc2ccc(Cl)cc2)CC1. The van der Waals surface area contributed by atoms with Crippen LogP contribution in [-0.2, 0) is 11.2 Å². The molecule has 128 valence electrons. The molecule has 1 aromatic carbocycles. The Kier molecular flexibility index (Phi) is 6.45. The highest BCUT2D eigenvalue weighted by molar-refractivity contribution is 6.30. The van der Waals surface area contributed by atoms with Crippen molar-refractivity contribution < 1.29 is 4.79 Å². The molecule has 4 nitrogen and oxygen atoms in total. The van der Waals surface area contributed by atoms with Crippen LogP contribution in [0.4, 0.5) is 0 Å². The number of carbonyl (C=O) groups is 1. The van der Waals surface area contributed by atoms with Gasteiger partial charge in [0.2, 0.25) is 5.91 Å². The fourth-order valence-electron chi connectivity index (χ4n) is 2.77. The first-order chi connectivity index (χ1) is 10.8. The van der Waals surface area contributed by atoms with Gasteiger partial charge in [0.05, 0.1) is 6.54 Å². The predicted octanol–water partition coefficient (Wildman–Crippen LogP) is 2.41. The minimum Gasteiger partial charge on any atom is -0.350 e. The molecule has 1 fully saturated rings. The van der Waals surface area contributed by atoms with E-state index < -0.39 is 0 Å². The number of nitrogens with zero attached hydrogens (tertiary/aromatic N) is 2. The van der Waals surface area contributed by atoms with E-state index in [4.69, 9.17) is 11.6 Å². The average molecular weight is 338 g/mol. The van der Waals surface area contributed by atoms with Gasteiger partial charge in [-0.25, -0.2) is 0 Å². The number of benzene rings is 1. The third-order valence-corrected chi connectivity index (χ3v) is 4.23. The first-order valence-corrected chi connectivity index (χ1v) is 8.70. The zero-order valence-electron chi connectivity index (χ0n) is 14.4. The third kappa shape index (κ3) is 6.90. The van der Waals surface area contributed by atoms with Crippen LogP contribution in [0.25, 0.3) is 0 Å². The number of amides is 1. The molecule has 0 unspecified atom stereocenters. The van der Waals surface area contributed by atoms with E-state index in [2.05, 4.69) is 27.2 Å². The van der Waals surface area contributed by atoms with Crippen LogP contribution in [0.1, 0.15) is 26.3 Å². The maximum absolute atomic E-state index is 12.0. The summed E-state index contributed by atoms with van der Waals surface area (Å²) in [5, 5.41) is 3.81. The zero-order chi connectivity index (χ0) is 16.9. The molecule has 0 bridgehead atoms. The van der Waals surface area contributed by atoms with E-state index in [1.54, 1.807) is 0 Å². The van der Waals surface area contributed by atoms with Crippen molar-refractivity contribution in [2.75, 3.05) is 39.3 Å². The van der Waals surface area contributed by atoms with Gasteiger partial charge in [-0.05, 0) is 44.9 Å². The van der Waals surface area contributed by atoms with E-state index in [-0.39, 0.29) is 11.4 Å². The Bertz CT molecular complexity index is 502. The van der Waals surface area contributed by atoms with Gasteiger partial charge >= 0.3 is 0 Å². The molecule has 1 heterocycles. The lowest BCUT2D eigenvalue weighted by atomic mass is 10.1. The number of carbonyl (C=O) groups excluding carboxylic acids is 1. The van der Waals surface area contributed by atoms with Gasteiger partial charge in [-0.2, -0.15) is 0 Å². The molecule has 5 heteroatoms. The third-order valence-electron chi connectivity index (χ3n) is 3.98. The second kappa shape index (κ2) is 8.13. The highest BCUT2D eigenvalue weighted by Gasteiger charge is 2.20. The summed E-state index contributed by atoms with van der Waals surface area (Å²) >= 11 is 5.91. The Morgan fingerprint density at radius 3 is 2.22 bits per heavy atom. The molecular weight excluding hydrogens is 310 g/mol. The minimum absolute atomic E-state index is 0.118. The van der Waals surface area contributed by atoms with Gasteiger partial charge in [-0.3, -0.25) is 9.69 Å². The highest BCUT2D eigenvalue weighted by atomic mass is 35.5. The van der Waals surface area contributed by atoms with Gasteiger partial charge in [0, 0.05) is 43.3 Å². The van der Waals surface area contributed by atoms with E-state index >= 15 is 0 Å². The minimum atomic E-state index is -0.155. The molecule has 23 heavy (non-hydrogen) atoms. The van der Waals surface area contributed by atoms with Crippen molar-refractivity contribution in [1.82, 2.24) is 15.1 Å². The summed E-state index contributed by atoms with van der Waals surface area (Å²) in [7, 11) is 0. The summed E-state index contributed by atoms with van der Waals surface area (Å²) in [6.45, 7) is 11.6. The molecule has 2 rings (SSSR count). The average Bonchev–Trinajstić information content (AvgIpc) is 2.46. The van der Waals surface area contributed by atoms with Crippen LogP contribution in [0.3, 0.4) is 0 Å². The molecule has 0 atom stereocenters. The lowest BCUT2D eigenvalue weighted by Crippen LogP contribution is -2.51. The summed E-state index contributed by atoms with van der Waals surface area (Å²) in [6.07, 6.45) is 1.04. The van der Waals surface area contributed by atoms with Crippen molar-refractivity contribution in [3.63, 3.8) is 0 Å². The van der Waals surface area contributed by atoms with Crippen molar-refractivity contribution in [2.24, 2.45) is 0 Å². The van der Waals surface area contributed by atoms with Crippen molar-refractivity contribution in [3.8, 4) is 0 Å². The summed E-state index contributed by atoms with van der Waals surface area (Å²) in [5.41, 5.74) is 1.17. The number of nitrogens with one attached hydrogen (secondary N) is 1. The predicted molar refractivity (Wildman–Crippen MR) is 95.9 cm³/mol. The van der Waals surface area contributed by atoms with Crippen molar-refractivity contribution in [3.05, 3.63) is 34.9 Å². The summed E-state index contributed by atoms with van der Waals surface area (Å²) < 4.78 is 0. The Morgan fingerprint density at radius 2 is 1.65 bits per heavy atom. The summed E-state index contributed by atoms with van der Waals surface area (Å²) in [6, 6.07) is 8.08. The maximum atomic E-state index is 12.0. The fourth-order valence-corrected chi connectivity index (χ4v) is 2.90. The molecule has 0 aliphatic carbocycles. The quantitative estimate of drug-likeness (QED) is 0.896. The molecule has 1 amide bonds. The van der Waals surface area contributed by atoms with Crippen LogP contribution in [0, 0.1) is 0 Å². The van der Waals surface area contributed by atoms with Gasteiger partial charge < -0.3 is 10.2 Å². The van der Waals surface area contributed by atoms with Crippen LogP contribution in [-0.4, -0.2) is 60.5 Å². The Balaban J connectivity index is 1.67. The molecule has 0 spiro atoms. The van der Waals surface area contributed by atoms with E-state index in [1.165, 1.54) is 5.56 Å². The Labute approximate surface area is 144 Å². The van der Waals surface area contributed by atoms with Gasteiger partial charge in [0.1, 0.15) is 0 Å². The normalized spacial score (nSPS) is 17.2. The van der Waals surface area contributed by atoms with E-state index in [0.29, 0.717) is 6.54 Å². The molecule has 1 aliphatic heterocycles. The van der Waals surface area contributed by atoms with Crippen LogP contribution in [0.5, 0.6) is 0 Å². The van der Waals surface area contributed by atoms with Crippen molar-refractivity contribution >= 4 is 17.5 Å². The van der Waals surface area contributed by atoms with Crippen LogP contribution >= 0.6 is 11.6 Å². The van der Waals surface area contributed by atoms with Crippen LogP contribution in [0.2, 0.25) is 5.02 Å². The molecule has 0 aromatic heterocycles. The first-order valence-electron chi connectivity index (χ1n) is 8.32. The molecule has 1 aliphatic rings. The van der Waals surface area contributed by atoms with Crippen molar-refractivity contribution in [1.29, 1.82) is 0 Å².